The number of rotatable bonds is 8. The number of hydrogen-bond donors (Lipinski definition) is 1. The molecule has 0 saturated carbocycles. The summed E-state index contributed by atoms with van der Waals surface area (Å²) in [6, 6.07) is 7.89. The van der Waals surface area contributed by atoms with Crippen molar-refractivity contribution in [3.05, 3.63) is 57.4 Å². The number of piperazine rings is 1. The van der Waals surface area contributed by atoms with E-state index in [2.05, 4.69) is 10.2 Å². The van der Waals surface area contributed by atoms with Gasteiger partial charge in [-0.1, -0.05) is 6.07 Å². The van der Waals surface area contributed by atoms with Crippen LogP contribution in [0.2, 0.25) is 0 Å². The Hall–Kier alpha value is -3.57. The van der Waals surface area contributed by atoms with Gasteiger partial charge >= 0.3 is 12.0 Å². The van der Waals surface area contributed by atoms with Crippen molar-refractivity contribution in [2.75, 3.05) is 60.6 Å². The monoisotopic (exact) mass is 528 g/mol. The fourth-order valence-corrected chi connectivity index (χ4v) is 5.21. The van der Waals surface area contributed by atoms with Crippen LogP contribution in [0, 0.1) is 0 Å². The summed E-state index contributed by atoms with van der Waals surface area (Å²) in [6.07, 6.45) is 0. The summed E-state index contributed by atoms with van der Waals surface area (Å²) in [7, 11) is 4.73. The number of ether oxygens (including phenoxy) is 3. The summed E-state index contributed by atoms with van der Waals surface area (Å²) in [6.45, 7) is 4.66. The highest BCUT2D eigenvalue weighted by atomic mass is 32.1. The third kappa shape index (κ3) is 5.72. The average Bonchev–Trinajstić information content (AvgIpc) is 3.46. The molecule has 3 heterocycles. The van der Waals surface area contributed by atoms with Crippen molar-refractivity contribution in [3.8, 4) is 11.5 Å². The highest BCUT2D eigenvalue weighted by Gasteiger charge is 2.38. The summed E-state index contributed by atoms with van der Waals surface area (Å²) < 4.78 is 16.2. The number of carbonyl (C=O) groups is 3. The summed E-state index contributed by atoms with van der Waals surface area (Å²) in [4.78, 5) is 45.2. The minimum Gasteiger partial charge on any atom is -0.497 e. The van der Waals surface area contributed by atoms with Gasteiger partial charge in [0.15, 0.2) is 0 Å². The first-order chi connectivity index (χ1) is 17.9. The predicted molar refractivity (Wildman–Crippen MR) is 139 cm³/mol. The quantitative estimate of drug-likeness (QED) is 0.526. The van der Waals surface area contributed by atoms with Crippen LogP contribution in [-0.2, 0) is 9.53 Å². The van der Waals surface area contributed by atoms with Gasteiger partial charge in [0.1, 0.15) is 11.5 Å². The highest BCUT2D eigenvalue weighted by Crippen LogP contribution is 2.35. The Morgan fingerprint density at radius 2 is 1.76 bits per heavy atom. The number of urea groups is 1. The molecule has 11 heteroatoms. The standard InChI is InChI=1S/C26H32N4O6S/c1-5-36-25(32)22-20(16-29-8-10-30(11-9-29)24(31)21-7-6-12-37-21)28(2)26(33)27-23(22)17-13-18(34-3)15-19(14-17)35-4/h6-7,12-15,23H,5,8-11,16H2,1-4H3,(H,27,33)/t23-/m1/s1. The second kappa shape index (κ2) is 11.7. The van der Waals surface area contributed by atoms with Crippen LogP contribution in [0.1, 0.15) is 28.2 Å². The molecule has 0 spiro atoms. The fraction of sp³-hybridized carbons (Fsp3) is 0.423. The third-order valence-electron chi connectivity index (χ3n) is 6.54. The lowest BCUT2D eigenvalue weighted by Gasteiger charge is -2.39. The Labute approximate surface area is 220 Å². The number of hydrogen-bond acceptors (Lipinski definition) is 8. The molecule has 0 aliphatic carbocycles. The van der Waals surface area contributed by atoms with Crippen molar-refractivity contribution in [1.29, 1.82) is 0 Å². The SMILES string of the molecule is CCOC(=O)C1=C(CN2CCN(C(=O)c3cccs3)CC2)N(C)C(=O)N[C@@H]1c1cc(OC)cc(OC)c1. The molecule has 4 rings (SSSR count). The van der Waals surface area contributed by atoms with Crippen LogP contribution in [0.3, 0.4) is 0 Å². The maximum atomic E-state index is 13.3. The van der Waals surface area contributed by atoms with Gasteiger partial charge in [0, 0.05) is 51.5 Å². The van der Waals surface area contributed by atoms with Gasteiger partial charge in [-0.3, -0.25) is 14.6 Å². The lowest BCUT2D eigenvalue weighted by molar-refractivity contribution is -0.139. The van der Waals surface area contributed by atoms with E-state index < -0.39 is 12.0 Å². The Kier molecular flexibility index (Phi) is 8.34. The summed E-state index contributed by atoms with van der Waals surface area (Å²) in [5, 5.41) is 4.82. The number of thiophene rings is 1. The molecule has 3 amide bonds. The zero-order valence-corrected chi connectivity index (χ0v) is 22.3. The van der Waals surface area contributed by atoms with Crippen LogP contribution >= 0.6 is 11.3 Å². The molecular formula is C26H32N4O6S. The molecule has 0 unspecified atom stereocenters. The number of likely N-dealkylation sites (N-methyl/N-ethyl adjacent to an activating group) is 1. The molecule has 1 saturated heterocycles. The average molecular weight is 529 g/mol. The molecule has 1 fully saturated rings. The largest absolute Gasteiger partial charge is 0.497 e. The minimum absolute atomic E-state index is 0.0299. The predicted octanol–water partition coefficient (Wildman–Crippen LogP) is 2.74. The summed E-state index contributed by atoms with van der Waals surface area (Å²) >= 11 is 1.43. The van der Waals surface area contributed by atoms with Crippen LogP contribution < -0.4 is 14.8 Å². The van der Waals surface area contributed by atoms with Crippen LogP contribution in [0.25, 0.3) is 0 Å². The van der Waals surface area contributed by atoms with Crippen LogP contribution in [0.15, 0.2) is 47.0 Å². The number of nitrogens with one attached hydrogen (secondary N) is 1. The first-order valence-electron chi connectivity index (χ1n) is 12.1. The van der Waals surface area contributed by atoms with E-state index in [0.717, 1.165) is 4.88 Å². The van der Waals surface area contributed by atoms with Gasteiger partial charge in [0.25, 0.3) is 5.91 Å². The van der Waals surface area contributed by atoms with Gasteiger partial charge in [-0.25, -0.2) is 9.59 Å². The Morgan fingerprint density at radius 3 is 2.32 bits per heavy atom. The van der Waals surface area contributed by atoms with Crippen molar-refractivity contribution in [1.82, 2.24) is 20.0 Å². The van der Waals surface area contributed by atoms with Crippen LogP contribution in [-0.4, -0.2) is 93.2 Å². The van der Waals surface area contributed by atoms with E-state index in [9.17, 15) is 14.4 Å². The molecule has 2 aromatic rings. The minimum atomic E-state index is -0.747. The second-order valence-corrected chi connectivity index (χ2v) is 9.66. The molecule has 0 bridgehead atoms. The van der Waals surface area contributed by atoms with Crippen molar-refractivity contribution >= 4 is 29.2 Å². The van der Waals surface area contributed by atoms with E-state index in [1.165, 1.54) is 16.2 Å². The smallest absolute Gasteiger partial charge is 0.338 e. The lowest BCUT2D eigenvalue weighted by atomic mass is 9.93. The molecule has 1 atom stereocenters. The molecule has 37 heavy (non-hydrogen) atoms. The molecular weight excluding hydrogens is 496 g/mol. The van der Waals surface area contributed by atoms with Gasteiger partial charge in [-0.05, 0) is 36.1 Å². The van der Waals surface area contributed by atoms with Crippen molar-refractivity contribution < 1.29 is 28.6 Å². The van der Waals surface area contributed by atoms with Crippen molar-refractivity contribution in [2.24, 2.45) is 0 Å². The zero-order chi connectivity index (χ0) is 26.5. The molecule has 1 aromatic heterocycles. The fourth-order valence-electron chi connectivity index (χ4n) is 4.52. The molecule has 10 nitrogen and oxygen atoms in total. The van der Waals surface area contributed by atoms with Crippen molar-refractivity contribution in [3.63, 3.8) is 0 Å². The van der Waals surface area contributed by atoms with Gasteiger partial charge < -0.3 is 24.4 Å². The van der Waals surface area contributed by atoms with E-state index in [-0.39, 0.29) is 18.5 Å². The molecule has 0 radical (unpaired) electrons. The van der Waals surface area contributed by atoms with Gasteiger partial charge in [0.2, 0.25) is 0 Å². The first kappa shape index (κ1) is 26.5. The number of carbonyl (C=O) groups excluding carboxylic acids is 3. The van der Waals surface area contributed by atoms with Gasteiger partial charge in [0.05, 0.1) is 37.3 Å². The molecule has 2 aliphatic rings. The number of benzene rings is 1. The topological polar surface area (TPSA) is 101 Å². The van der Waals surface area contributed by atoms with E-state index in [0.29, 0.717) is 61.1 Å². The van der Waals surface area contributed by atoms with Gasteiger partial charge in [-0.15, -0.1) is 11.3 Å². The Balaban J connectivity index is 1.63. The number of esters is 1. The maximum Gasteiger partial charge on any atom is 0.338 e. The third-order valence-corrected chi connectivity index (χ3v) is 7.40. The van der Waals surface area contributed by atoms with Crippen molar-refractivity contribution in [2.45, 2.75) is 13.0 Å². The first-order valence-corrected chi connectivity index (χ1v) is 13.0. The Bertz CT molecular complexity index is 1150. The molecule has 1 aromatic carbocycles. The van der Waals surface area contributed by atoms with Crippen LogP contribution in [0.5, 0.6) is 11.5 Å². The van der Waals surface area contributed by atoms with E-state index in [4.69, 9.17) is 14.2 Å². The molecule has 198 valence electrons. The lowest BCUT2D eigenvalue weighted by Crippen LogP contribution is -2.53. The summed E-state index contributed by atoms with van der Waals surface area (Å²) in [5.74, 6) is 0.613. The molecule has 2 aliphatic heterocycles. The normalized spacial score (nSPS) is 18.5. The molecule has 1 N–H and O–H groups in total. The van der Waals surface area contributed by atoms with E-state index in [1.54, 1.807) is 46.4 Å². The Morgan fingerprint density at radius 1 is 1.08 bits per heavy atom. The number of amides is 3. The van der Waals surface area contributed by atoms with E-state index in [1.807, 2.05) is 22.4 Å². The zero-order valence-electron chi connectivity index (χ0n) is 21.5. The summed E-state index contributed by atoms with van der Waals surface area (Å²) in [5.41, 5.74) is 1.56. The van der Waals surface area contributed by atoms with Gasteiger partial charge in [-0.2, -0.15) is 0 Å². The highest BCUT2D eigenvalue weighted by molar-refractivity contribution is 7.12. The van der Waals surface area contributed by atoms with Crippen LogP contribution in [0.4, 0.5) is 4.79 Å². The van der Waals surface area contributed by atoms with E-state index >= 15 is 0 Å². The number of nitrogens with zero attached hydrogens (tertiary/aromatic N) is 3. The number of methoxy groups -OCH3 is 2. The second-order valence-electron chi connectivity index (χ2n) is 8.71. The maximum absolute atomic E-state index is 13.3.